The maximum Gasteiger partial charge on any atom is 0.472 e. The molecule has 12 heteroatoms. The third-order valence-electron chi connectivity index (χ3n) is 3.96. The zero-order valence-electron chi connectivity index (χ0n) is 14.7. The number of nitrogen functional groups attached to an aromatic ring is 1. The number of ether oxygens (including phenoxy) is 1. The highest BCUT2D eigenvalue weighted by atomic mass is 35.5. The number of phosphoric acid groups is 1. The van der Waals surface area contributed by atoms with Crippen molar-refractivity contribution in [2.45, 2.75) is 44.6 Å². The van der Waals surface area contributed by atoms with Gasteiger partial charge in [-0.3, -0.25) is 13.6 Å². The van der Waals surface area contributed by atoms with Crippen LogP contribution in [-0.4, -0.2) is 42.7 Å². The molecule has 3 unspecified atom stereocenters. The molecule has 0 spiro atoms. The predicted molar refractivity (Wildman–Crippen MR) is 97.7 cm³/mol. The van der Waals surface area contributed by atoms with Crippen molar-refractivity contribution < 1.29 is 23.2 Å². The summed E-state index contributed by atoms with van der Waals surface area (Å²) in [4.78, 5) is 21.9. The van der Waals surface area contributed by atoms with Crippen LogP contribution in [0.4, 0.5) is 5.82 Å². The Morgan fingerprint density at radius 3 is 3.04 bits per heavy atom. The van der Waals surface area contributed by atoms with Crippen molar-refractivity contribution in [1.29, 1.82) is 0 Å². The van der Waals surface area contributed by atoms with Crippen molar-refractivity contribution >= 4 is 36.4 Å². The first-order valence-electron chi connectivity index (χ1n) is 8.11. The highest BCUT2D eigenvalue weighted by Crippen LogP contribution is 2.47. The minimum absolute atomic E-state index is 0.0154. The SMILES string of the molecule is C#CC1(COP(=O)(O)OC(C)C)CCC(n2cnc3c(N)nc(Cl)nc32)O1. The summed E-state index contributed by atoms with van der Waals surface area (Å²) < 4.78 is 29.4. The number of nitrogens with two attached hydrogens (primary N) is 1. The van der Waals surface area contributed by atoms with Crippen LogP contribution in [-0.2, 0) is 18.3 Å². The standard InChI is InChI=1S/C15H19ClN5O5P/c1-4-15(7-24-27(22,23)26-9(2)3)6-5-10(25-15)21-8-18-11-12(17)19-14(16)20-13(11)21/h1,8-10H,5-7H2,2-3H3,(H,22,23)(H2,17,19,20). The Balaban J connectivity index is 1.79. The number of anilines is 1. The fourth-order valence-electron chi connectivity index (χ4n) is 2.79. The Bertz CT molecular complexity index is 945. The molecule has 1 fully saturated rings. The van der Waals surface area contributed by atoms with Gasteiger partial charge in [0.15, 0.2) is 17.1 Å². The molecule has 1 saturated heterocycles. The van der Waals surface area contributed by atoms with E-state index >= 15 is 0 Å². The first kappa shape index (κ1) is 20.0. The van der Waals surface area contributed by atoms with Gasteiger partial charge in [-0.2, -0.15) is 9.97 Å². The van der Waals surface area contributed by atoms with Crippen LogP contribution in [0.1, 0.15) is 32.9 Å². The topological polar surface area (TPSA) is 135 Å². The normalized spacial score (nSPS) is 25.0. The fraction of sp³-hybridized carbons (Fsp3) is 0.533. The Hall–Kier alpha value is -1.73. The van der Waals surface area contributed by atoms with E-state index in [0.29, 0.717) is 24.0 Å². The molecule has 2 aromatic heterocycles. The van der Waals surface area contributed by atoms with Gasteiger partial charge in [0.1, 0.15) is 11.7 Å². The minimum Gasteiger partial charge on any atom is -0.382 e. The highest BCUT2D eigenvalue weighted by molar-refractivity contribution is 7.47. The van der Waals surface area contributed by atoms with E-state index < -0.39 is 25.8 Å². The van der Waals surface area contributed by atoms with Crippen LogP contribution in [0.5, 0.6) is 0 Å². The van der Waals surface area contributed by atoms with E-state index in [4.69, 9.17) is 37.5 Å². The van der Waals surface area contributed by atoms with Gasteiger partial charge >= 0.3 is 7.82 Å². The highest BCUT2D eigenvalue weighted by Gasteiger charge is 2.42. The van der Waals surface area contributed by atoms with Gasteiger partial charge < -0.3 is 15.4 Å². The molecule has 3 heterocycles. The maximum absolute atomic E-state index is 11.9. The van der Waals surface area contributed by atoms with Gasteiger partial charge in [-0.25, -0.2) is 9.55 Å². The monoisotopic (exact) mass is 415 g/mol. The van der Waals surface area contributed by atoms with E-state index in [2.05, 4.69) is 20.9 Å². The summed E-state index contributed by atoms with van der Waals surface area (Å²) in [5.41, 5.74) is 5.41. The summed E-state index contributed by atoms with van der Waals surface area (Å²) >= 11 is 5.87. The number of hydrogen-bond acceptors (Lipinski definition) is 8. The lowest BCUT2D eigenvalue weighted by atomic mass is 10.0. The second-order valence-electron chi connectivity index (χ2n) is 6.35. The predicted octanol–water partition coefficient (Wildman–Crippen LogP) is 2.28. The van der Waals surface area contributed by atoms with Crippen molar-refractivity contribution in [3.05, 3.63) is 11.6 Å². The lowest BCUT2D eigenvalue weighted by molar-refractivity contribution is -0.0627. The van der Waals surface area contributed by atoms with Crippen LogP contribution in [0, 0.1) is 12.3 Å². The van der Waals surface area contributed by atoms with Gasteiger partial charge in [-0.1, -0.05) is 5.92 Å². The zero-order valence-corrected chi connectivity index (χ0v) is 16.4. The lowest BCUT2D eigenvalue weighted by Gasteiger charge is -2.25. The van der Waals surface area contributed by atoms with E-state index in [-0.39, 0.29) is 17.7 Å². The average Bonchev–Trinajstić information content (AvgIpc) is 3.16. The minimum atomic E-state index is -4.24. The van der Waals surface area contributed by atoms with Crippen LogP contribution in [0.15, 0.2) is 6.33 Å². The molecule has 0 aliphatic carbocycles. The molecule has 3 N–H and O–H groups in total. The summed E-state index contributed by atoms with van der Waals surface area (Å²) in [6.07, 6.45) is 7.01. The molecule has 0 radical (unpaired) electrons. The van der Waals surface area contributed by atoms with E-state index in [1.54, 1.807) is 18.4 Å². The van der Waals surface area contributed by atoms with E-state index in [0.717, 1.165) is 0 Å². The van der Waals surface area contributed by atoms with Crippen LogP contribution in [0.25, 0.3) is 11.2 Å². The number of imidazole rings is 1. The molecule has 10 nitrogen and oxygen atoms in total. The molecule has 0 amide bonds. The van der Waals surface area contributed by atoms with Gasteiger partial charge in [-0.05, 0) is 38.3 Å². The second kappa shape index (κ2) is 7.36. The number of nitrogens with zero attached hydrogens (tertiary/aromatic N) is 4. The smallest absolute Gasteiger partial charge is 0.382 e. The van der Waals surface area contributed by atoms with Crippen molar-refractivity contribution in [3.63, 3.8) is 0 Å². The third-order valence-corrected chi connectivity index (χ3v) is 5.27. The third kappa shape index (κ3) is 4.24. The molecule has 146 valence electrons. The van der Waals surface area contributed by atoms with Crippen molar-refractivity contribution in [2.24, 2.45) is 0 Å². The summed E-state index contributed by atoms with van der Waals surface area (Å²) in [7, 11) is -4.24. The summed E-state index contributed by atoms with van der Waals surface area (Å²) in [5, 5.41) is -0.0154. The molecule has 0 saturated carbocycles. The number of aromatic nitrogens is 4. The van der Waals surface area contributed by atoms with Gasteiger partial charge in [0.05, 0.1) is 19.0 Å². The summed E-state index contributed by atoms with van der Waals surface area (Å²) in [6, 6.07) is 0. The van der Waals surface area contributed by atoms with Gasteiger partial charge in [0.25, 0.3) is 0 Å². The first-order chi connectivity index (χ1) is 12.6. The van der Waals surface area contributed by atoms with Crippen LogP contribution < -0.4 is 5.73 Å². The average molecular weight is 416 g/mol. The molecule has 1 aliphatic rings. The molecule has 0 aromatic carbocycles. The first-order valence-corrected chi connectivity index (χ1v) is 9.99. The Morgan fingerprint density at radius 1 is 1.63 bits per heavy atom. The fourth-order valence-corrected chi connectivity index (χ4v) is 3.93. The van der Waals surface area contributed by atoms with E-state index in [1.807, 2.05) is 0 Å². The summed E-state index contributed by atoms with van der Waals surface area (Å²) in [6.45, 7) is 2.94. The van der Waals surface area contributed by atoms with Crippen LogP contribution >= 0.6 is 19.4 Å². The largest absolute Gasteiger partial charge is 0.472 e. The molecule has 3 rings (SSSR count). The molecule has 27 heavy (non-hydrogen) atoms. The van der Waals surface area contributed by atoms with Crippen molar-refractivity contribution in [1.82, 2.24) is 19.5 Å². The maximum atomic E-state index is 11.9. The number of rotatable bonds is 6. The number of fused-ring (bicyclic) bond motifs is 1. The summed E-state index contributed by atoms with van der Waals surface area (Å²) in [5.74, 6) is 2.67. The van der Waals surface area contributed by atoms with Gasteiger partial charge in [0, 0.05) is 0 Å². The van der Waals surface area contributed by atoms with Crippen molar-refractivity contribution in [2.75, 3.05) is 12.3 Å². The Kier molecular flexibility index (Phi) is 5.45. The molecular formula is C15H19ClN5O5P. The molecule has 3 atom stereocenters. The van der Waals surface area contributed by atoms with E-state index in [1.165, 1.54) is 6.33 Å². The zero-order chi connectivity index (χ0) is 19.8. The number of hydrogen-bond donors (Lipinski definition) is 2. The van der Waals surface area contributed by atoms with Gasteiger partial charge in [-0.15, -0.1) is 6.42 Å². The molecular weight excluding hydrogens is 397 g/mol. The molecule has 2 aromatic rings. The second-order valence-corrected chi connectivity index (χ2v) is 8.09. The Morgan fingerprint density at radius 2 is 2.37 bits per heavy atom. The van der Waals surface area contributed by atoms with Crippen LogP contribution in [0.2, 0.25) is 5.28 Å². The van der Waals surface area contributed by atoms with Crippen LogP contribution in [0.3, 0.4) is 0 Å². The Labute approximate surface area is 160 Å². The number of halogens is 1. The lowest BCUT2D eigenvalue weighted by Crippen LogP contribution is -2.32. The van der Waals surface area contributed by atoms with Crippen molar-refractivity contribution in [3.8, 4) is 12.3 Å². The number of phosphoric ester groups is 1. The quantitative estimate of drug-likeness (QED) is 0.413. The molecule has 0 bridgehead atoms. The number of terminal acetylenes is 1. The van der Waals surface area contributed by atoms with E-state index in [9.17, 15) is 9.46 Å². The molecule has 1 aliphatic heterocycles. The van der Waals surface area contributed by atoms with Gasteiger partial charge in [0.2, 0.25) is 5.28 Å².